The fraction of sp³-hybridized carbons (Fsp3) is 0.375. The van der Waals surface area contributed by atoms with Crippen molar-refractivity contribution in [3.05, 3.63) is 59.3 Å². The summed E-state index contributed by atoms with van der Waals surface area (Å²) in [5.74, 6) is 0.505. The highest BCUT2D eigenvalue weighted by molar-refractivity contribution is 6.07. The van der Waals surface area contributed by atoms with Crippen LogP contribution in [0.2, 0.25) is 0 Å². The minimum Gasteiger partial charge on any atom is -0.352 e. The van der Waals surface area contributed by atoms with Gasteiger partial charge in [-0.2, -0.15) is 0 Å². The smallest absolute Gasteiger partial charge is 0.278 e. The Labute approximate surface area is 176 Å². The van der Waals surface area contributed by atoms with Crippen molar-refractivity contribution in [3.8, 4) is 0 Å². The lowest BCUT2D eigenvalue weighted by atomic mass is 9.90. The number of aryl methyl sites for hydroxylation is 1. The summed E-state index contributed by atoms with van der Waals surface area (Å²) in [5, 5.41) is 3.16. The van der Waals surface area contributed by atoms with Gasteiger partial charge in [-0.25, -0.2) is 9.97 Å². The van der Waals surface area contributed by atoms with Crippen molar-refractivity contribution < 1.29 is 4.79 Å². The zero-order chi connectivity index (χ0) is 20.5. The number of nitrogens with one attached hydrogen (secondary N) is 1. The molecule has 1 fully saturated rings. The predicted octanol–water partition coefficient (Wildman–Crippen LogP) is 3.51. The average molecular weight is 402 g/mol. The van der Waals surface area contributed by atoms with Crippen molar-refractivity contribution in [2.75, 3.05) is 43.4 Å². The van der Waals surface area contributed by atoms with Crippen molar-refractivity contribution in [2.45, 2.75) is 25.7 Å². The lowest BCUT2D eigenvalue weighted by molar-refractivity contribution is 0.102. The molecular weight excluding hydrogens is 374 g/mol. The quantitative estimate of drug-likeness (QED) is 0.728. The maximum absolute atomic E-state index is 13.4. The van der Waals surface area contributed by atoms with Gasteiger partial charge in [0.05, 0.1) is 11.0 Å². The van der Waals surface area contributed by atoms with Crippen LogP contribution < -0.4 is 10.2 Å². The van der Waals surface area contributed by atoms with Crippen molar-refractivity contribution in [2.24, 2.45) is 0 Å². The first-order chi connectivity index (χ1) is 14.7. The van der Waals surface area contributed by atoms with Crippen molar-refractivity contribution in [3.63, 3.8) is 0 Å². The van der Waals surface area contributed by atoms with Crippen LogP contribution in [-0.2, 0) is 12.8 Å². The van der Waals surface area contributed by atoms with E-state index in [0.29, 0.717) is 11.5 Å². The molecule has 1 amide bonds. The molecule has 1 saturated heterocycles. The van der Waals surface area contributed by atoms with Crippen LogP contribution >= 0.6 is 0 Å². The Balaban J connectivity index is 1.52. The van der Waals surface area contributed by atoms with Crippen LogP contribution in [0.25, 0.3) is 11.0 Å². The van der Waals surface area contributed by atoms with Gasteiger partial charge in [0.25, 0.3) is 5.91 Å². The van der Waals surface area contributed by atoms with Gasteiger partial charge in [-0.15, -0.1) is 0 Å². The number of piperazine rings is 1. The number of carbonyl (C=O) groups is 1. The van der Waals surface area contributed by atoms with E-state index in [1.165, 1.54) is 24.0 Å². The molecule has 3 aromatic rings. The van der Waals surface area contributed by atoms with Gasteiger partial charge in [-0.05, 0) is 62.1 Å². The molecule has 0 atom stereocenters. The van der Waals surface area contributed by atoms with Crippen LogP contribution in [0.3, 0.4) is 0 Å². The molecule has 1 aromatic heterocycles. The lowest BCUT2D eigenvalue weighted by Crippen LogP contribution is -2.45. The number of rotatable bonds is 3. The van der Waals surface area contributed by atoms with E-state index in [1.807, 2.05) is 36.4 Å². The van der Waals surface area contributed by atoms with Crippen LogP contribution in [0.4, 0.5) is 11.5 Å². The number of amides is 1. The highest BCUT2D eigenvalue weighted by Gasteiger charge is 2.25. The van der Waals surface area contributed by atoms with Gasteiger partial charge in [0, 0.05) is 31.9 Å². The summed E-state index contributed by atoms with van der Waals surface area (Å²) in [6.45, 7) is 3.57. The number of anilines is 2. The first-order valence-electron chi connectivity index (χ1n) is 10.8. The van der Waals surface area contributed by atoms with E-state index in [9.17, 15) is 4.79 Å². The highest BCUT2D eigenvalue weighted by Crippen LogP contribution is 2.29. The zero-order valence-corrected chi connectivity index (χ0v) is 17.4. The van der Waals surface area contributed by atoms with Gasteiger partial charge in [-0.3, -0.25) is 4.79 Å². The Hall–Kier alpha value is -2.99. The lowest BCUT2D eigenvalue weighted by Gasteiger charge is -2.33. The fourth-order valence-corrected chi connectivity index (χ4v) is 4.46. The molecule has 0 radical (unpaired) electrons. The molecule has 30 heavy (non-hydrogen) atoms. The van der Waals surface area contributed by atoms with Gasteiger partial charge in [0.15, 0.2) is 11.5 Å². The van der Waals surface area contributed by atoms with Crippen LogP contribution in [-0.4, -0.2) is 54.0 Å². The number of para-hydroxylation sites is 2. The molecule has 1 N–H and O–H groups in total. The largest absolute Gasteiger partial charge is 0.352 e. The highest BCUT2D eigenvalue weighted by atomic mass is 16.1. The number of aromatic nitrogens is 2. The van der Waals surface area contributed by atoms with Crippen molar-refractivity contribution in [1.82, 2.24) is 14.9 Å². The third-order valence-corrected chi connectivity index (χ3v) is 6.21. The number of benzene rings is 2. The van der Waals surface area contributed by atoms with E-state index in [0.717, 1.165) is 55.7 Å². The number of hydrogen-bond acceptors (Lipinski definition) is 5. The molecule has 1 aliphatic carbocycles. The number of carbonyl (C=O) groups excluding carboxylic acids is 1. The summed E-state index contributed by atoms with van der Waals surface area (Å²) in [5.41, 5.74) is 5.51. The normalized spacial score (nSPS) is 17.0. The molecule has 2 heterocycles. The number of nitrogens with zero attached hydrogens (tertiary/aromatic N) is 4. The van der Waals surface area contributed by atoms with Crippen LogP contribution in [0, 0.1) is 0 Å². The number of hydrogen-bond donors (Lipinski definition) is 1. The van der Waals surface area contributed by atoms with E-state index in [1.54, 1.807) is 0 Å². The second kappa shape index (κ2) is 8.03. The Morgan fingerprint density at radius 1 is 0.900 bits per heavy atom. The van der Waals surface area contributed by atoms with Gasteiger partial charge >= 0.3 is 0 Å². The molecule has 2 aromatic carbocycles. The van der Waals surface area contributed by atoms with Crippen LogP contribution in [0.15, 0.2) is 42.5 Å². The van der Waals surface area contributed by atoms with E-state index in [4.69, 9.17) is 9.97 Å². The molecule has 0 saturated carbocycles. The SMILES string of the molecule is CN1CCN(c2nc3ccccc3nc2C(=O)Nc2cccc3c2CCCC3)CC1. The fourth-order valence-electron chi connectivity index (χ4n) is 4.46. The number of fused-ring (bicyclic) bond motifs is 2. The zero-order valence-electron chi connectivity index (χ0n) is 17.4. The Morgan fingerprint density at radius 3 is 2.43 bits per heavy atom. The third kappa shape index (κ3) is 3.63. The van der Waals surface area contributed by atoms with E-state index in [-0.39, 0.29) is 5.91 Å². The minimum atomic E-state index is -0.179. The summed E-state index contributed by atoms with van der Waals surface area (Å²) in [6, 6.07) is 14.0. The topological polar surface area (TPSA) is 61.4 Å². The van der Waals surface area contributed by atoms with E-state index >= 15 is 0 Å². The average Bonchev–Trinajstić information content (AvgIpc) is 2.79. The van der Waals surface area contributed by atoms with Crippen LogP contribution in [0.1, 0.15) is 34.5 Å². The maximum atomic E-state index is 13.4. The molecule has 6 nitrogen and oxygen atoms in total. The monoisotopic (exact) mass is 401 g/mol. The summed E-state index contributed by atoms with van der Waals surface area (Å²) in [4.78, 5) is 27.5. The van der Waals surface area contributed by atoms with Crippen molar-refractivity contribution >= 4 is 28.4 Å². The summed E-state index contributed by atoms with van der Waals surface area (Å²) >= 11 is 0. The molecule has 0 unspecified atom stereocenters. The van der Waals surface area contributed by atoms with Gasteiger partial charge < -0.3 is 15.1 Å². The minimum absolute atomic E-state index is 0.179. The molecule has 5 rings (SSSR count). The summed E-state index contributed by atoms with van der Waals surface area (Å²) < 4.78 is 0. The summed E-state index contributed by atoms with van der Waals surface area (Å²) in [7, 11) is 2.12. The molecule has 0 spiro atoms. The first kappa shape index (κ1) is 19.0. The molecule has 2 aliphatic rings. The van der Waals surface area contributed by atoms with E-state index in [2.05, 4.69) is 28.2 Å². The molecular formula is C24H27N5O. The second-order valence-electron chi connectivity index (χ2n) is 8.28. The molecule has 6 heteroatoms. The third-order valence-electron chi connectivity index (χ3n) is 6.21. The number of likely N-dealkylation sites (N-methyl/N-ethyl adjacent to an activating group) is 1. The second-order valence-corrected chi connectivity index (χ2v) is 8.28. The maximum Gasteiger partial charge on any atom is 0.278 e. The standard InChI is InChI=1S/C24H27N5O/c1-28-13-15-29(16-14-28)23-22(25-20-10-4-5-11-21(20)26-23)24(30)27-19-12-6-8-17-7-2-3-9-18(17)19/h4-6,8,10-12H,2-3,7,9,13-16H2,1H3,(H,27,30). The summed E-state index contributed by atoms with van der Waals surface area (Å²) in [6.07, 6.45) is 4.48. The van der Waals surface area contributed by atoms with Gasteiger partial charge in [0.2, 0.25) is 0 Å². The van der Waals surface area contributed by atoms with Crippen molar-refractivity contribution in [1.29, 1.82) is 0 Å². The van der Waals surface area contributed by atoms with Gasteiger partial charge in [-0.1, -0.05) is 24.3 Å². The van der Waals surface area contributed by atoms with Gasteiger partial charge in [0.1, 0.15) is 0 Å². The molecule has 0 bridgehead atoms. The Bertz CT molecular complexity index is 1090. The molecule has 154 valence electrons. The predicted molar refractivity (Wildman–Crippen MR) is 120 cm³/mol. The first-order valence-corrected chi connectivity index (χ1v) is 10.8. The molecule has 1 aliphatic heterocycles. The van der Waals surface area contributed by atoms with Crippen LogP contribution in [0.5, 0.6) is 0 Å². The Kier molecular flexibility index (Phi) is 5.09. The van der Waals surface area contributed by atoms with E-state index < -0.39 is 0 Å². The Morgan fingerprint density at radius 2 is 1.63 bits per heavy atom.